The molecular formula is C29H34N2O4. The fourth-order valence-corrected chi connectivity index (χ4v) is 4.52. The molecule has 1 aliphatic heterocycles. The van der Waals surface area contributed by atoms with Crippen molar-refractivity contribution >= 4 is 11.6 Å². The Labute approximate surface area is 208 Å². The van der Waals surface area contributed by atoms with Gasteiger partial charge in [-0.15, -0.1) is 0 Å². The number of hydrogen-bond donors (Lipinski definition) is 0. The minimum atomic E-state index is 0.0281. The summed E-state index contributed by atoms with van der Waals surface area (Å²) in [5.41, 5.74) is 4.89. The Balaban J connectivity index is 1.46. The molecule has 35 heavy (non-hydrogen) atoms. The van der Waals surface area contributed by atoms with Crippen molar-refractivity contribution in [3.63, 3.8) is 0 Å². The highest BCUT2D eigenvalue weighted by atomic mass is 16.5. The smallest absolute Gasteiger partial charge is 0.253 e. The molecule has 0 radical (unpaired) electrons. The lowest BCUT2D eigenvalue weighted by Crippen LogP contribution is -2.48. The highest BCUT2D eigenvalue weighted by Crippen LogP contribution is 2.29. The predicted octanol–water partition coefficient (Wildman–Crippen LogP) is 5.25. The number of piperazine rings is 1. The topological polar surface area (TPSA) is 51.2 Å². The van der Waals surface area contributed by atoms with E-state index in [1.165, 1.54) is 0 Å². The maximum absolute atomic E-state index is 13.4. The summed E-state index contributed by atoms with van der Waals surface area (Å²) >= 11 is 0. The van der Waals surface area contributed by atoms with Crippen molar-refractivity contribution in [2.24, 2.45) is 0 Å². The second kappa shape index (κ2) is 11.2. The lowest BCUT2D eigenvalue weighted by atomic mass is 10.1. The maximum Gasteiger partial charge on any atom is 0.253 e. The molecule has 0 saturated carbocycles. The Morgan fingerprint density at radius 3 is 2.26 bits per heavy atom. The van der Waals surface area contributed by atoms with Gasteiger partial charge in [0, 0.05) is 37.3 Å². The Morgan fingerprint density at radius 2 is 1.57 bits per heavy atom. The zero-order chi connectivity index (χ0) is 24.8. The van der Waals surface area contributed by atoms with Crippen LogP contribution < -0.4 is 19.1 Å². The quantitative estimate of drug-likeness (QED) is 0.446. The molecule has 3 aromatic rings. The number of methoxy groups -OCH3 is 1. The number of para-hydroxylation sites is 2. The van der Waals surface area contributed by atoms with Crippen molar-refractivity contribution < 1.29 is 19.0 Å². The van der Waals surface area contributed by atoms with Crippen LogP contribution in [0.25, 0.3) is 0 Å². The van der Waals surface area contributed by atoms with Crippen LogP contribution in [0.1, 0.15) is 34.0 Å². The van der Waals surface area contributed by atoms with Gasteiger partial charge in [0.1, 0.15) is 23.9 Å². The van der Waals surface area contributed by atoms with E-state index in [9.17, 15) is 4.79 Å². The number of benzene rings is 3. The first-order valence-corrected chi connectivity index (χ1v) is 12.1. The first-order chi connectivity index (χ1) is 17.0. The molecule has 3 aromatic carbocycles. The maximum atomic E-state index is 13.4. The fraction of sp³-hybridized carbons (Fsp3) is 0.345. The summed E-state index contributed by atoms with van der Waals surface area (Å²) in [6.45, 7) is 9.76. The second-order valence-corrected chi connectivity index (χ2v) is 8.82. The van der Waals surface area contributed by atoms with Gasteiger partial charge in [0.25, 0.3) is 5.91 Å². The van der Waals surface area contributed by atoms with Crippen LogP contribution in [0.3, 0.4) is 0 Å². The number of carbonyl (C=O) groups excluding carboxylic acids is 1. The molecule has 1 aliphatic rings. The van der Waals surface area contributed by atoms with Gasteiger partial charge in [-0.3, -0.25) is 4.79 Å². The number of rotatable bonds is 8. The van der Waals surface area contributed by atoms with Crippen LogP contribution in [-0.2, 0) is 6.61 Å². The van der Waals surface area contributed by atoms with E-state index in [4.69, 9.17) is 14.2 Å². The lowest BCUT2D eigenvalue weighted by Gasteiger charge is -2.36. The van der Waals surface area contributed by atoms with Gasteiger partial charge < -0.3 is 24.0 Å². The van der Waals surface area contributed by atoms with E-state index >= 15 is 0 Å². The van der Waals surface area contributed by atoms with Crippen molar-refractivity contribution in [3.8, 4) is 17.2 Å². The molecule has 6 heteroatoms. The van der Waals surface area contributed by atoms with E-state index in [0.717, 1.165) is 52.7 Å². The number of nitrogens with zero attached hydrogens (tertiary/aromatic N) is 2. The molecule has 0 bridgehead atoms. The number of aryl methyl sites for hydroxylation is 2. The molecule has 0 aromatic heterocycles. The van der Waals surface area contributed by atoms with Gasteiger partial charge >= 0.3 is 0 Å². The van der Waals surface area contributed by atoms with Crippen molar-refractivity contribution in [2.75, 3.05) is 44.8 Å². The molecule has 1 heterocycles. The van der Waals surface area contributed by atoms with Crippen LogP contribution in [0, 0.1) is 13.8 Å². The van der Waals surface area contributed by atoms with E-state index in [1.54, 1.807) is 7.11 Å². The standard InChI is InChI=1S/C29H34N2O4/c1-5-34-27-11-10-23(19-24(27)20-35-25-17-21(2)16-22(3)18-25)29(32)31-14-12-30(13-15-31)26-8-6-7-9-28(26)33-4/h6-11,16-19H,5,12-15,20H2,1-4H3. The average Bonchev–Trinajstić information content (AvgIpc) is 2.87. The molecule has 184 valence electrons. The molecule has 1 amide bonds. The Kier molecular flexibility index (Phi) is 7.80. The molecule has 0 aliphatic carbocycles. The third-order valence-electron chi connectivity index (χ3n) is 6.19. The number of anilines is 1. The first kappa shape index (κ1) is 24.5. The van der Waals surface area contributed by atoms with E-state index in [1.807, 2.05) is 60.4 Å². The third kappa shape index (κ3) is 5.88. The normalized spacial score (nSPS) is 13.5. The van der Waals surface area contributed by atoms with Gasteiger partial charge in [-0.2, -0.15) is 0 Å². The van der Waals surface area contributed by atoms with Crippen LogP contribution >= 0.6 is 0 Å². The average molecular weight is 475 g/mol. The van der Waals surface area contributed by atoms with Gasteiger partial charge in [0.05, 0.1) is 19.4 Å². The molecule has 0 spiro atoms. The minimum absolute atomic E-state index is 0.0281. The van der Waals surface area contributed by atoms with Crippen molar-refractivity contribution in [2.45, 2.75) is 27.4 Å². The van der Waals surface area contributed by atoms with E-state index < -0.39 is 0 Å². The SMILES string of the molecule is CCOc1ccc(C(=O)N2CCN(c3ccccc3OC)CC2)cc1COc1cc(C)cc(C)c1. The summed E-state index contributed by atoms with van der Waals surface area (Å²) in [7, 11) is 1.69. The third-order valence-corrected chi connectivity index (χ3v) is 6.19. The van der Waals surface area contributed by atoms with Crippen molar-refractivity contribution in [1.82, 2.24) is 4.90 Å². The Hall–Kier alpha value is -3.67. The van der Waals surface area contributed by atoms with Crippen LogP contribution in [0.5, 0.6) is 17.2 Å². The molecule has 0 unspecified atom stereocenters. The number of carbonyl (C=O) groups is 1. The van der Waals surface area contributed by atoms with Crippen molar-refractivity contribution in [1.29, 1.82) is 0 Å². The van der Waals surface area contributed by atoms with Gasteiger partial charge in [-0.05, 0) is 74.4 Å². The summed E-state index contributed by atoms with van der Waals surface area (Å²) in [5.74, 6) is 2.44. The Bertz CT molecular complexity index is 1150. The molecule has 4 rings (SSSR count). The van der Waals surface area contributed by atoms with Crippen LogP contribution in [-0.4, -0.2) is 50.7 Å². The van der Waals surface area contributed by atoms with E-state index in [-0.39, 0.29) is 5.91 Å². The number of amides is 1. The molecule has 0 N–H and O–H groups in total. The highest BCUT2D eigenvalue weighted by molar-refractivity contribution is 5.94. The van der Waals surface area contributed by atoms with Crippen molar-refractivity contribution in [3.05, 3.63) is 82.9 Å². The molecule has 1 saturated heterocycles. The van der Waals surface area contributed by atoms with Gasteiger partial charge in [-0.1, -0.05) is 18.2 Å². The molecule has 6 nitrogen and oxygen atoms in total. The number of ether oxygens (including phenoxy) is 3. The van der Waals surface area contributed by atoms with Crippen LogP contribution in [0.15, 0.2) is 60.7 Å². The fourth-order valence-electron chi connectivity index (χ4n) is 4.52. The molecular weight excluding hydrogens is 440 g/mol. The van der Waals surface area contributed by atoms with Crippen LogP contribution in [0.4, 0.5) is 5.69 Å². The zero-order valence-electron chi connectivity index (χ0n) is 21.0. The summed E-state index contributed by atoms with van der Waals surface area (Å²) in [6.07, 6.45) is 0. The predicted molar refractivity (Wildman–Crippen MR) is 139 cm³/mol. The summed E-state index contributed by atoms with van der Waals surface area (Å²) in [6, 6.07) is 19.8. The van der Waals surface area contributed by atoms with E-state index in [0.29, 0.717) is 31.9 Å². The second-order valence-electron chi connectivity index (χ2n) is 8.82. The minimum Gasteiger partial charge on any atom is -0.495 e. The van der Waals surface area contributed by atoms with Gasteiger partial charge in [0.2, 0.25) is 0 Å². The number of hydrogen-bond acceptors (Lipinski definition) is 5. The largest absolute Gasteiger partial charge is 0.495 e. The van der Waals surface area contributed by atoms with Gasteiger partial charge in [-0.25, -0.2) is 0 Å². The van der Waals surface area contributed by atoms with Gasteiger partial charge in [0.15, 0.2) is 0 Å². The zero-order valence-corrected chi connectivity index (χ0v) is 21.0. The lowest BCUT2D eigenvalue weighted by molar-refractivity contribution is 0.0746. The highest BCUT2D eigenvalue weighted by Gasteiger charge is 2.24. The first-order valence-electron chi connectivity index (χ1n) is 12.1. The molecule has 1 fully saturated rings. The summed E-state index contributed by atoms with van der Waals surface area (Å²) in [5, 5.41) is 0. The Morgan fingerprint density at radius 1 is 0.857 bits per heavy atom. The van der Waals surface area contributed by atoms with Crippen LogP contribution in [0.2, 0.25) is 0 Å². The monoisotopic (exact) mass is 474 g/mol. The van der Waals surface area contributed by atoms with E-state index in [2.05, 4.69) is 30.9 Å². The summed E-state index contributed by atoms with van der Waals surface area (Å²) in [4.78, 5) is 17.5. The molecule has 0 atom stereocenters. The summed E-state index contributed by atoms with van der Waals surface area (Å²) < 4.78 is 17.4.